The van der Waals surface area contributed by atoms with E-state index < -0.39 is 21.2 Å². The predicted molar refractivity (Wildman–Crippen MR) is 359 cm³/mol. The zero-order valence-electron chi connectivity index (χ0n) is 51.0. The first-order chi connectivity index (χ1) is 40.1. The fraction of sp³-hybridized carbons (Fsp3) is 0.221. The Morgan fingerprint density at radius 3 is 1.66 bits per heavy atom. The van der Waals surface area contributed by atoms with Gasteiger partial charge < -0.3 is 0 Å². The Hall–Kier alpha value is -7.01. The number of anilines is 4. The van der Waals surface area contributed by atoms with Crippen LogP contribution in [0.2, 0.25) is 0 Å². The first kappa shape index (κ1) is 57.1. The van der Waals surface area contributed by atoms with E-state index in [1.165, 1.54) is 83.5 Å². The molecule has 0 amide bonds. The molecule has 1 spiro atoms. The molecule has 0 N–H and O–H groups in total. The monoisotopic (exact) mass is 1370 g/mol. The van der Waals surface area contributed by atoms with E-state index in [1.807, 2.05) is 12.3 Å². The summed E-state index contributed by atoms with van der Waals surface area (Å²) < 4.78 is 15.6. The Bertz CT molecular complexity index is 4400. The average molecular weight is 1370 g/mol. The van der Waals surface area contributed by atoms with E-state index in [0.717, 1.165) is 39.6 Å². The van der Waals surface area contributed by atoms with E-state index in [4.69, 9.17) is 9.72 Å². The van der Waals surface area contributed by atoms with Crippen LogP contribution in [0, 0.1) is 18.8 Å². The van der Waals surface area contributed by atoms with Gasteiger partial charge in [0.25, 0.3) is 0 Å². The third-order valence-corrected chi connectivity index (χ3v) is 31.3. The fourth-order valence-electron chi connectivity index (χ4n) is 13.4. The maximum atomic E-state index is 7.32. The minimum absolute atomic E-state index is 0. The number of benzene rings is 9. The molecular weight excluding hydrogens is 1300 g/mol. The summed E-state index contributed by atoms with van der Waals surface area (Å²) in [5, 5.41) is 5.57. The summed E-state index contributed by atoms with van der Waals surface area (Å²) >= 11 is -3.74. The molecule has 3 aliphatic heterocycles. The minimum Gasteiger partial charge on any atom is 0 e. The second-order valence-electron chi connectivity index (χ2n) is 27.5. The minimum atomic E-state index is -3.74. The first-order valence-corrected chi connectivity index (χ1v) is 35.6. The molecule has 5 heterocycles. The van der Waals surface area contributed by atoms with Crippen LogP contribution in [-0.4, -0.2) is 29.5 Å². The number of hydrogen-bond donors (Lipinski definition) is 0. The fourth-order valence-corrected chi connectivity index (χ4v) is 30.2. The quantitative estimate of drug-likeness (QED) is 0.0905. The van der Waals surface area contributed by atoms with Gasteiger partial charge in [-0.3, -0.25) is 0 Å². The molecule has 5 nitrogen and oxygen atoms in total. The van der Waals surface area contributed by atoms with Crippen molar-refractivity contribution in [2.45, 2.75) is 105 Å². The van der Waals surface area contributed by atoms with Crippen molar-refractivity contribution >= 4 is 93.9 Å². The first-order valence-electron chi connectivity index (χ1n) is 29.7. The van der Waals surface area contributed by atoms with E-state index in [2.05, 4.69) is 305 Å². The molecule has 11 aromatic rings. The predicted octanol–water partition coefficient (Wildman–Crippen LogP) is 16.6. The Morgan fingerprint density at radius 1 is 0.471 bits per heavy atom. The maximum absolute atomic E-state index is 7.32. The standard InChI is InChI=1S/C77H72GeN4OP.Pt/c1-74(2,3)51-37-38-79-70(44-51)82-66-34-24-31-62-71(66)72-63(78(62)60-29-17-21-35-68(60)84(13)69-36-22-18-30-61(69)78)46-57(47-67(72)82)83-56-28-23-27-55(45-56)80-48-81(65-33-20-19-32-64(65)80)73-58(49-25-15-14-16-26-49)42-54(77(10,11)12)43-59(73)50-39-52(75(4,5)6)41-53(40-50)76(7,8)9;/h14-44,46,48H,1-13H3;/q-3;. The van der Waals surface area contributed by atoms with E-state index in [0.29, 0.717) is 11.5 Å². The van der Waals surface area contributed by atoms with Crippen LogP contribution in [-0.2, 0) is 42.7 Å². The second kappa shape index (κ2) is 20.6. The van der Waals surface area contributed by atoms with Crippen LogP contribution in [0.25, 0.3) is 49.9 Å². The number of nitrogens with zero attached hydrogens (tertiary/aromatic N) is 4. The van der Waals surface area contributed by atoms with Crippen LogP contribution in [0.15, 0.2) is 194 Å². The van der Waals surface area contributed by atoms with Crippen LogP contribution >= 0.6 is 7.92 Å². The Labute approximate surface area is 521 Å². The molecule has 0 saturated carbocycles. The molecule has 0 bridgehead atoms. The van der Waals surface area contributed by atoms with Gasteiger partial charge in [-0.15, -0.1) is 0 Å². The van der Waals surface area contributed by atoms with E-state index in [9.17, 15) is 0 Å². The van der Waals surface area contributed by atoms with Crippen molar-refractivity contribution in [3.05, 3.63) is 235 Å². The number of fused-ring (bicyclic) bond motifs is 7. The molecule has 0 fully saturated rings. The van der Waals surface area contributed by atoms with E-state index in [-0.39, 0.29) is 42.7 Å². The van der Waals surface area contributed by atoms with Crippen molar-refractivity contribution in [2.24, 2.45) is 0 Å². The van der Waals surface area contributed by atoms with Gasteiger partial charge in [-0.25, -0.2) is 0 Å². The number of pyridine rings is 1. The summed E-state index contributed by atoms with van der Waals surface area (Å²) in [6.45, 7) is 32.5. The summed E-state index contributed by atoms with van der Waals surface area (Å²) in [5.74, 6) is 2.16. The Balaban J connectivity index is 0.00000672. The summed E-state index contributed by atoms with van der Waals surface area (Å²) in [4.78, 5) is 9.84. The van der Waals surface area contributed by atoms with E-state index in [1.54, 1.807) is 0 Å². The molecule has 14 rings (SSSR count). The van der Waals surface area contributed by atoms with Gasteiger partial charge in [0.2, 0.25) is 0 Å². The molecule has 0 unspecified atom stereocenters. The third kappa shape index (κ3) is 9.28. The SMILES string of the molecule is CP1c2cccc[c]2[Ge]2([c]3ccccc31)[c]1cc(Oc3[c-]c(N4[CH-]N(c5c(-c6ccccc6)cc(C(C)(C)C)cc5-c5cc(C(C)(C)C)cc(C(C)(C)C)c5)c5ccccc54)ccc3)[c-]c3c1c1[c]2cccc1n3-c1cc(C(C)(C)C)ccn1.[Pt]. The van der Waals surface area contributed by atoms with Crippen LogP contribution in [0.5, 0.6) is 11.5 Å². The zero-order chi connectivity index (χ0) is 58.4. The van der Waals surface area contributed by atoms with Crippen LogP contribution < -0.4 is 42.7 Å². The number of para-hydroxylation sites is 2. The van der Waals surface area contributed by atoms with Gasteiger partial charge in [0.05, 0.1) is 0 Å². The topological polar surface area (TPSA) is 33.5 Å². The molecule has 0 radical (unpaired) electrons. The molecule has 85 heavy (non-hydrogen) atoms. The van der Waals surface area contributed by atoms with Crippen molar-refractivity contribution < 1.29 is 25.8 Å². The summed E-state index contributed by atoms with van der Waals surface area (Å²) in [5.41, 5.74) is 15.9. The maximum Gasteiger partial charge on any atom is 0 e. The van der Waals surface area contributed by atoms with Crippen LogP contribution in [0.1, 0.15) is 105 Å². The molecule has 9 aromatic carbocycles. The van der Waals surface area contributed by atoms with Crippen molar-refractivity contribution in [3.8, 4) is 39.6 Å². The smallest absolute Gasteiger partial charge is 0 e. The summed E-state index contributed by atoms with van der Waals surface area (Å²) in [6.07, 6.45) is 1.97. The van der Waals surface area contributed by atoms with Gasteiger partial charge in [-0.2, -0.15) is 0 Å². The number of aromatic nitrogens is 2. The summed E-state index contributed by atoms with van der Waals surface area (Å²) in [7, 11) is -0.564. The second-order valence-corrected chi connectivity index (χ2v) is 37.2. The van der Waals surface area contributed by atoms with Crippen molar-refractivity contribution in [2.75, 3.05) is 16.5 Å². The molecule has 0 aliphatic carbocycles. The molecule has 0 atom stereocenters. The Kier molecular flexibility index (Phi) is 13.8. The zero-order valence-corrected chi connectivity index (χ0v) is 56.3. The molecule has 8 heteroatoms. The van der Waals surface area contributed by atoms with Crippen molar-refractivity contribution in [3.63, 3.8) is 0 Å². The van der Waals surface area contributed by atoms with Crippen molar-refractivity contribution in [1.82, 2.24) is 9.55 Å². The number of rotatable bonds is 7. The van der Waals surface area contributed by atoms with Gasteiger partial charge in [-0.1, -0.05) is 111 Å². The van der Waals surface area contributed by atoms with Gasteiger partial charge in [-0.05, 0) is 56.2 Å². The molecule has 428 valence electrons. The molecular formula is C77H72GeN4OPPt-3. The van der Waals surface area contributed by atoms with Crippen molar-refractivity contribution in [1.29, 1.82) is 0 Å². The van der Waals surface area contributed by atoms with Gasteiger partial charge in [0.15, 0.2) is 0 Å². The van der Waals surface area contributed by atoms with Crippen LogP contribution in [0.3, 0.4) is 0 Å². The molecule has 2 aromatic heterocycles. The normalized spacial score (nSPS) is 16.3. The van der Waals surface area contributed by atoms with E-state index >= 15 is 0 Å². The van der Waals surface area contributed by atoms with Gasteiger partial charge >= 0.3 is 337 Å². The van der Waals surface area contributed by atoms with Gasteiger partial charge in [0, 0.05) is 21.1 Å². The molecule has 3 aliphatic rings. The number of ether oxygens (including phenoxy) is 1. The molecule has 0 saturated heterocycles. The summed E-state index contributed by atoms with van der Waals surface area (Å²) in [6, 6.07) is 78.6. The Morgan fingerprint density at radius 2 is 1.02 bits per heavy atom. The third-order valence-electron chi connectivity index (χ3n) is 17.9. The number of hydrogen-bond acceptors (Lipinski definition) is 4. The average Bonchev–Trinajstić information content (AvgIpc) is 1.53. The van der Waals surface area contributed by atoms with Gasteiger partial charge in [0.1, 0.15) is 0 Å². The largest absolute Gasteiger partial charge is 0 e. The van der Waals surface area contributed by atoms with Crippen LogP contribution in [0.4, 0.5) is 22.7 Å².